The summed E-state index contributed by atoms with van der Waals surface area (Å²) in [5, 5.41) is 0. The SMILES string of the molecule is CCc1c[n+](C)c(-c2cc(-c3ccccc3)c(C)cc2C)cc1C.CCc1cc(-c2cc(-c3ccccc3)c(C)cc2C)[n+](C)cc1C.[2H]C([2H])([2H])c1cc(C)c(-c2cc(C([2H])([2H])C)c(C([2H])([2H])[2H])c[n+]2C)cc1-c1ccccc1.[2H]C([2H])([2H])c1cc(C)c(-c2cc(C([2H])([2H])[2H])c(C([2H])([2H])C)c[n+]2C)cc1-c1ccccc1.[2H]C([2H])([2H])c1cc(C)c(-c2ccc(C([2H])([2H])C(C)(C)C)c[n+]2C)cc1-c1ccccc1. The van der Waals surface area contributed by atoms with Crippen molar-refractivity contribution in [1.82, 2.24) is 0 Å². The van der Waals surface area contributed by atoms with E-state index in [4.69, 9.17) is 28.8 Å². The Kier molecular flexibility index (Phi) is 21.8. The fourth-order valence-corrected chi connectivity index (χ4v) is 16.2. The predicted octanol–water partition coefficient (Wildman–Crippen LogP) is 27.4. The van der Waals surface area contributed by atoms with E-state index < -0.39 is 58.8 Å². The average molecular weight is 1630 g/mol. The van der Waals surface area contributed by atoms with Crippen LogP contribution in [0.15, 0.2) is 280 Å². The molecule has 0 spiro atoms. The van der Waals surface area contributed by atoms with Gasteiger partial charge in [0, 0.05) is 115 Å². The fourth-order valence-electron chi connectivity index (χ4n) is 16.2. The van der Waals surface area contributed by atoms with Crippen LogP contribution in [0.2, 0.25) is 0 Å². The summed E-state index contributed by atoms with van der Waals surface area (Å²) in [7, 11) is 9.63. The lowest BCUT2D eigenvalue weighted by Crippen LogP contribution is -2.32. The highest BCUT2D eigenvalue weighted by Gasteiger charge is 2.25. The third-order valence-corrected chi connectivity index (χ3v) is 22.7. The Morgan fingerprint density at radius 1 is 0.238 bits per heavy atom. The van der Waals surface area contributed by atoms with Crippen LogP contribution in [0.25, 0.3) is 112 Å². The molecule has 0 fully saturated rings. The zero-order chi connectivity index (χ0) is 106. The standard InChI is InChI=1S/C25H30N.4C23H26N/c1-18-14-19(2)23(15-22(18)21-10-8-7-9-11-21)24-13-12-20(17-26(24)6)16-25(3,4)5;2*1-6-19-15-24(5)23(13-16(19)2)22-14-21(17(3)12-18(22)4)20-10-8-7-9-11-20;2*1-6-19-13-23(24(5)15-18(19)4)22-14-21(16(2)12-17(22)3)20-10-8-7-9-11-20/h7-15,17H,16H2,1-6H3;4*7-15H,6H2,1-5H3/q5*+1/i1D3,16D2;2D3,3D3,6D2;;2D3,4D3,6D2;. The third kappa shape index (κ3) is 21.8. The molecule has 122 heavy (non-hydrogen) atoms. The number of nitrogens with zero attached hydrogens (tertiary/aromatic N) is 5. The first-order valence-corrected chi connectivity index (χ1v) is 42.0. The molecule has 15 rings (SSSR count). The van der Waals surface area contributed by atoms with Gasteiger partial charge >= 0.3 is 0 Å². The molecule has 15 aromatic rings. The van der Waals surface area contributed by atoms with Gasteiger partial charge in [0.15, 0.2) is 31.0 Å². The first-order valence-electron chi connectivity index (χ1n) is 52.5. The second-order valence-corrected chi connectivity index (χ2v) is 33.1. The molecule has 0 aliphatic carbocycles. The molecule has 0 aliphatic heterocycles. The molecule has 0 atom stereocenters. The molecule has 0 saturated heterocycles. The van der Waals surface area contributed by atoms with Gasteiger partial charge in [0.1, 0.15) is 35.2 Å². The van der Waals surface area contributed by atoms with Crippen LogP contribution in [-0.4, -0.2) is 0 Å². The number of aryl methyl sites for hydroxylation is 23. The molecule has 5 nitrogen and oxygen atoms in total. The van der Waals surface area contributed by atoms with Gasteiger partial charge in [-0.1, -0.05) is 230 Å². The van der Waals surface area contributed by atoms with E-state index in [1.807, 2.05) is 155 Å². The molecule has 0 N–H and O–H groups in total. The van der Waals surface area contributed by atoms with Crippen molar-refractivity contribution < 1.29 is 51.6 Å². The van der Waals surface area contributed by atoms with Gasteiger partial charge in [0.25, 0.3) is 0 Å². The topological polar surface area (TPSA) is 19.4 Å². The lowest BCUT2D eigenvalue weighted by molar-refractivity contribution is -0.661. The molecule has 5 aromatic heterocycles. The summed E-state index contributed by atoms with van der Waals surface area (Å²) < 4.78 is 179. The van der Waals surface area contributed by atoms with E-state index in [1.54, 1.807) is 73.5 Å². The highest BCUT2D eigenvalue weighted by atomic mass is 14.9. The van der Waals surface area contributed by atoms with Crippen molar-refractivity contribution in [2.24, 2.45) is 40.7 Å². The second kappa shape index (κ2) is 40.5. The number of pyridine rings is 5. The summed E-state index contributed by atoms with van der Waals surface area (Å²) in [6.45, 7) is 19.7. The van der Waals surface area contributed by atoms with Gasteiger partial charge in [-0.25, -0.2) is 22.8 Å². The Morgan fingerprint density at radius 2 is 0.516 bits per heavy atom. The summed E-state index contributed by atoms with van der Waals surface area (Å²) in [6.07, 6.45) is 6.24. The molecule has 5 heteroatoms. The number of rotatable bonds is 15. The monoisotopic (exact) mass is 1630 g/mol. The first-order chi connectivity index (χ1) is 66.5. The van der Waals surface area contributed by atoms with Gasteiger partial charge in [-0.15, -0.1) is 0 Å². The van der Waals surface area contributed by atoms with Crippen LogP contribution in [0.3, 0.4) is 0 Å². The van der Waals surface area contributed by atoms with Crippen LogP contribution in [0, 0.1) is 102 Å². The van der Waals surface area contributed by atoms with Gasteiger partial charge in [0.05, 0.1) is 0 Å². The van der Waals surface area contributed by atoms with Crippen molar-refractivity contribution in [3.8, 4) is 112 Å². The summed E-state index contributed by atoms with van der Waals surface area (Å²) in [5.41, 5.74) is 33.0. The van der Waals surface area contributed by atoms with E-state index in [0.29, 0.717) is 61.5 Å². The summed E-state index contributed by atoms with van der Waals surface area (Å²) in [6, 6.07) is 80.7. The Hall–Kier alpha value is -12.1. The van der Waals surface area contributed by atoms with Crippen LogP contribution in [0.5, 0.6) is 0 Å². The maximum absolute atomic E-state index is 8.57. The van der Waals surface area contributed by atoms with E-state index in [1.165, 1.54) is 122 Å². The Labute approximate surface area is 763 Å². The van der Waals surface area contributed by atoms with Gasteiger partial charge in [0.2, 0.25) is 28.5 Å². The largest absolute Gasteiger partial charge is 0.212 e. The lowest BCUT2D eigenvalue weighted by Gasteiger charge is -2.17. The van der Waals surface area contributed by atoms with Crippen molar-refractivity contribution in [3.05, 3.63) is 385 Å². The van der Waals surface area contributed by atoms with E-state index in [9.17, 15) is 0 Å². The Balaban J connectivity index is 0.000000171. The minimum atomic E-state index is -2.50. The van der Waals surface area contributed by atoms with Gasteiger partial charge in [-0.05, 0) is 304 Å². The molecule has 0 saturated carbocycles. The normalized spacial score (nSPS) is 14.5. The summed E-state index contributed by atoms with van der Waals surface area (Å²) in [5.74, 6) is 0. The number of benzene rings is 10. The van der Waals surface area contributed by atoms with Crippen LogP contribution in [-0.2, 0) is 67.2 Å². The van der Waals surface area contributed by atoms with Crippen LogP contribution in [0.4, 0.5) is 0 Å². The molecular weight excluding hydrogens is 1480 g/mol. The smallest absolute Gasteiger partial charge is 0.201 e. The van der Waals surface area contributed by atoms with Gasteiger partial charge in [-0.2, -0.15) is 0 Å². The molecule has 0 bridgehead atoms. The van der Waals surface area contributed by atoms with E-state index in [0.717, 1.165) is 46.4 Å². The molecule has 0 aliphatic rings. The molecule has 622 valence electrons. The number of hydrogen-bond acceptors (Lipinski definition) is 0. The van der Waals surface area contributed by atoms with Crippen molar-refractivity contribution in [2.45, 2.75) is 177 Å². The van der Waals surface area contributed by atoms with Crippen LogP contribution < -0.4 is 22.8 Å². The molecular formula is C117H134N5+5. The maximum Gasteiger partial charge on any atom is 0.212 e. The molecule has 5 heterocycles. The molecule has 10 aromatic carbocycles. The van der Waals surface area contributed by atoms with Crippen molar-refractivity contribution >= 4 is 0 Å². The Bertz CT molecular complexity index is 6920. The lowest BCUT2D eigenvalue weighted by atomic mass is 9.88. The maximum atomic E-state index is 8.57. The minimum absolute atomic E-state index is 0.0451. The van der Waals surface area contributed by atoms with E-state index >= 15 is 0 Å². The van der Waals surface area contributed by atoms with Crippen LogP contribution in [0.1, 0.15) is 183 Å². The number of aromatic nitrogens is 5. The van der Waals surface area contributed by atoms with Gasteiger partial charge < -0.3 is 0 Å². The van der Waals surface area contributed by atoms with Crippen molar-refractivity contribution in [2.75, 3.05) is 0 Å². The quantitative estimate of drug-likeness (QED) is 0.0912. The third-order valence-electron chi connectivity index (χ3n) is 22.7. The zero-order valence-corrected chi connectivity index (χ0v) is 75.2. The van der Waals surface area contributed by atoms with Gasteiger partial charge in [-0.3, -0.25) is 0 Å². The highest BCUT2D eigenvalue weighted by Crippen LogP contribution is 2.38. The number of hydrogen-bond donors (Lipinski definition) is 0. The fraction of sp³-hybridized carbons (Fsp3) is 0.274. The molecule has 0 amide bonds. The van der Waals surface area contributed by atoms with E-state index in [-0.39, 0.29) is 33.4 Å². The molecule has 0 unspecified atom stereocenters. The first kappa shape index (κ1) is 65.7. The minimum Gasteiger partial charge on any atom is -0.201 e. The predicted molar refractivity (Wildman–Crippen MR) is 519 cm³/mol. The van der Waals surface area contributed by atoms with E-state index in [2.05, 4.69) is 188 Å². The van der Waals surface area contributed by atoms with Crippen molar-refractivity contribution in [1.29, 1.82) is 0 Å². The Morgan fingerprint density at radius 3 is 0.844 bits per heavy atom. The van der Waals surface area contributed by atoms with Crippen molar-refractivity contribution in [3.63, 3.8) is 0 Å². The van der Waals surface area contributed by atoms with Crippen LogP contribution >= 0.6 is 0 Å². The highest BCUT2D eigenvalue weighted by molar-refractivity contribution is 5.81. The zero-order valence-electron chi connectivity index (χ0n) is 96.2. The second-order valence-electron chi connectivity index (χ2n) is 33.1. The summed E-state index contributed by atoms with van der Waals surface area (Å²) in [4.78, 5) is 0. The average Bonchev–Trinajstić information content (AvgIpc) is 0.753. The summed E-state index contributed by atoms with van der Waals surface area (Å²) >= 11 is 0. The molecule has 0 radical (unpaired) electrons.